The molecule has 0 aromatic heterocycles. The Kier molecular flexibility index (Phi) is 10.7. The van der Waals surface area contributed by atoms with E-state index in [0.29, 0.717) is 56.8 Å². The second-order valence-electron chi connectivity index (χ2n) is 15.6. The standard InChI is InChI=1S/C38H56O7/c1-3-5-25-13-28(18-32(40)17-25)8-9-31(39)10-11-34-35(45-36(44-34)30-15-26-6-4-7-27(14-26)16-30)23-43-37(42)38-20-24(2)12-29(21-38)19-33(41)22-38/h5,12,15,24,27-28,30,32-36,40-41H,3-4,6-11,13-14,16-23H2,1-2H3/b25-5+. The van der Waals surface area contributed by atoms with Crippen LogP contribution in [0.1, 0.15) is 123 Å². The Morgan fingerprint density at radius 1 is 0.978 bits per heavy atom. The number of esters is 1. The molecule has 1 heterocycles. The predicted molar refractivity (Wildman–Crippen MR) is 172 cm³/mol. The van der Waals surface area contributed by atoms with Crippen molar-refractivity contribution in [1.29, 1.82) is 0 Å². The van der Waals surface area contributed by atoms with Gasteiger partial charge in [-0.1, -0.05) is 48.8 Å². The highest BCUT2D eigenvalue weighted by Crippen LogP contribution is 2.49. The lowest BCUT2D eigenvalue weighted by Gasteiger charge is -2.43. The lowest BCUT2D eigenvalue weighted by atomic mass is 9.63. The number of fused-ring (bicyclic) bond motifs is 4. The number of Topliss-reactive ketones (excluding diaryl/α,β-unsaturated/α-hetero) is 1. The molecular weight excluding hydrogens is 568 g/mol. The monoisotopic (exact) mass is 624 g/mol. The van der Waals surface area contributed by atoms with Crippen molar-refractivity contribution >= 4 is 11.8 Å². The van der Waals surface area contributed by atoms with E-state index in [-0.39, 0.29) is 48.7 Å². The Balaban J connectivity index is 1.07. The zero-order valence-electron chi connectivity index (χ0n) is 27.6. The summed E-state index contributed by atoms with van der Waals surface area (Å²) in [6.45, 7) is 4.37. The van der Waals surface area contributed by atoms with E-state index in [1.807, 2.05) is 0 Å². The van der Waals surface area contributed by atoms with Crippen molar-refractivity contribution in [1.82, 2.24) is 0 Å². The highest BCUT2D eigenvalue weighted by molar-refractivity contribution is 5.78. The van der Waals surface area contributed by atoms with E-state index in [4.69, 9.17) is 14.2 Å². The van der Waals surface area contributed by atoms with E-state index < -0.39 is 17.6 Å². The number of ketones is 1. The molecule has 6 aliphatic rings. The van der Waals surface area contributed by atoms with Crippen LogP contribution < -0.4 is 0 Å². The molecule has 6 rings (SSSR count). The summed E-state index contributed by atoms with van der Waals surface area (Å²) >= 11 is 0. The first-order valence-corrected chi connectivity index (χ1v) is 18.1. The summed E-state index contributed by atoms with van der Waals surface area (Å²) in [5, 5.41) is 20.9. The first kappa shape index (κ1) is 33.1. The number of aliphatic hydroxyl groups is 2. The first-order chi connectivity index (χ1) is 21.7. The van der Waals surface area contributed by atoms with Gasteiger partial charge in [-0.15, -0.1) is 0 Å². The lowest BCUT2D eigenvalue weighted by Crippen LogP contribution is -2.44. The SMILES string of the molecule is CC/C=C1/CC(O)CC(CCC(=O)CCC2OC(C3C=C4CCCC(C4)C3)OC2COC(=O)C23CC(=CC(C)C2)CC(O)C3)C1. The normalized spacial score (nSPS) is 40.5. The van der Waals surface area contributed by atoms with Gasteiger partial charge in [0.1, 0.15) is 18.5 Å². The average molecular weight is 625 g/mol. The fraction of sp³-hybridized carbons (Fsp3) is 0.789. The van der Waals surface area contributed by atoms with Crippen LogP contribution in [0.25, 0.3) is 0 Å². The summed E-state index contributed by atoms with van der Waals surface area (Å²) in [6, 6.07) is 0. The van der Waals surface area contributed by atoms with Crippen LogP contribution in [0.4, 0.5) is 0 Å². The van der Waals surface area contributed by atoms with Crippen LogP contribution in [0, 0.1) is 29.1 Å². The van der Waals surface area contributed by atoms with Crippen LogP contribution in [-0.4, -0.2) is 59.3 Å². The van der Waals surface area contributed by atoms with Crippen molar-refractivity contribution in [3.8, 4) is 0 Å². The fourth-order valence-electron chi connectivity index (χ4n) is 9.74. The smallest absolute Gasteiger partial charge is 0.312 e. The van der Waals surface area contributed by atoms with Crippen molar-refractivity contribution in [2.24, 2.45) is 29.1 Å². The second kappa shape index (κ2) is 14.5. The molecule has 45 heavy (non-hydrogen) atoms. The molecule has 5 aliphatic carbocycles. The van der Waals surface area contributed by atoms with Crippen LogP contribution in [0.3, 0.4) is 0 Å². The van der Waals surface area contributed by atoms with Crippen molar-refractivity contribution in [3.63, 3.8) is 0 Å². The topological polar surface area (TPSA) is 102 Å². The van der Waals surface area contributed by atoms with Crippen LogP contribution >= 0.6 is 0 Å². The molecule has 1 saturated heterocycles. The number of hydrogen-bond acceptors (Lipinski definition) is 7. The van der Waals surface area contributed by atoms with Gasteiger partial charge in [0.05, 0.1) is 23.7 Å². The first-order valence-electron chi connectivity index (χ1n) is 18.1. The molecule has 0 amide bonds. The number of hydrogen-bond donors (Lipinski definition) is 2. The molecule has 2 N–H and O–H groups in total. The molecule has 0 spiro atoms. The highest BCUT2D eigenvalue weighted by atomic mass is 16.7. The molecule has 0 aromatic carbocycles. The van der Waals surface area contributed by atoms with Crippen molar-refractivity contribution in [2.45, 2.75) is 154 Å². The van der Waals surface area contributed by atoms with Gasteiger partial charge in [0, 0.05) is 18.8 Å². The van der Waals surface area contributed by atoms with Gasteiger partial charge in [0.2, 0.25) is 0 Å². The van der Waals surface area contributed by atoms with Gasteiger partial charge in [0.25, 0.3) is 0 Å². The molecule has 0 radical (unpaired) electrons. The Morgan fingerprint density at radius 3 is 2.62 bits per heavy atom. The number of carbonyl (C=O) groups excluding carboxylic acids is 2. The van der Waals surface area contributed by atoms with Crippen molar-refractivity contribution in [2.75, 3.05) is 6.61 Å². The summed E-state index contributed by atoms with van der Waals surface area (Å²) in [4.78, 5) is 26.8. The van der Waals surface area contributed by atoms with Crippen molar-refractivity contribution in [3.05, 3.63) is 34.9 Å². The maximum Gasteiger partial charge on any atom is 0.312 e. The minimum absolute atomic E-state index is 0.110. The van der Waals surface area contributed by atoms with E-state index in [1.165, 1.54) is 30.4 Å². The third kappa shape index (κ3) is 8.20. The molecule has 4 bridgehead atoms. The van der Waals surface area contributed by atoms with Gasteiger partial charge in [-0.3, -0.25) is 9.59 Å². The fourth-order valence-corrected chi connectivity index (χ4v) is 9.74. The Bertz CT molecular complexity index is 1170. The molecule has 10 atom stereocenters. The quantitative estimate of drug-likeness (QED) is 0.190. The van der Waals surface area contributed by atoms with E-state index in [9.17, 15) is 19.8 Å². The molecule has 1 aliphatic heterocycles. The zero-order valence-corrected chi connectivity index (χ0v) is 27.6. The summed E-state index contributed by atoms with van der Waals surface area (Å²) in [7, 11) is 0. The average Bonchev–Trinajstić information content (AvgIpc) is 3.39. The number of allylic oxidation sites excluding steroid dienone is 3. The van der Waals surface area contributed by atoms with E-state index in [1.54, 1.807) is 0 Å². The number of rotatable bonds is 11. The summed E-state index contributed by atoms with van der Waals surface area (Å²) in [6.07, 6.45) is 19.1. The Labute approximate surface area is 269 Å². The van der Waals surface area contributed by atoms with Gasteiger partial charge in [0.15, 0.2) is 6.29 Å². The van der Waals surface area contributed by atoms with Gasteiger partial charge in [-0.25, -0.2) is 0 Å². The summed E-state index contributed by atoms with van der Waals surface area (Å²) < 4.78 is 19.2. The second-order valence-corrected chi connectivity index (χ2v) is 15.6. The number of carbonyl (C=O) groups is 2. The Hall–Kier alpha value is -1.80. The minimum atomic E-state index is -0.671. The third-order valence-electron chi connectivity index (χ3n) is 11.5. The number of aliphatic hydroxyl groups excluding tert-OH is 2. The molecule has 3 saturated carbocycles. The van der Waals surface area contributed by atoms with E-state index in [0.717, 1.165) is 50.5 Å². The summed E-state index contributed by atoms with van der Waals surface area (Å²) in [5.41, 5.74) is 3.34. The van der Waals surface area contributed by atoms with Gasteiger partial charge in [-0.2, -0.15) is 0 Å². The highest BCUT2D eigenvalue weighted by Gasteiger charge is 2.49. The zero-order chi connectivity index (χ0) is 31.6. The maximum atomic E-state index is 13.6. The van der Waals surface area contributed by atoms with Gasteiger partial charge < -0.3 is 24.4 Å². The van der Waals surface area contributed by atoms with Crippen LogP contribution in [0.5, 0.6) is 0 Å². The molecule has 0 aromatic rings. The van der Waals surface area contributed by atoms with Crippen LogP contribution in [-0.2, 0) is 23.8 Å². The lowest BCUT2D eigenvalue weighted by molar-refractivity contribution is -0.166. The molecule has 250 valence electrons. The molecular formula is C38H56O7. The molecule has 7 heteroatoms. The van der Waals surface area contributed by atoms with Gasteiger partial charge >= 0.3 is 5.97 Å². The van der Waals surface area contributed by atoms with E-state index in [2.05, 4.69) is 32.1 Å². The maximum absolute atomic E-state index is 13.6. The third-order valence-corrected chi connectivity index (χ3v) is 11.5. The number of ether oxygens (including phenoxy) is 3. The van der Waals surface area contributed by atoms with Crippen LogP contribution in [0.2, 0.25) is 0 Å². The molecule has 10 unspecified atom stereocenters. The molecule has 4 fully saturated rings. The van der Waals surface area contributed by atoms with Gasteiger partial charge in [-0.05, 0) is 114 Å². The molecule has 7 nitrogen and oxygen atoms in total. The van der Waals surface area contributed by atoms with Crippen molar-refractivity contribution < 1.29 is 34.0 Å². The largest absolute Gasteiger partial charge is 0.462 e. The van der Waals surface area contributed by atoms with E-state index >= 15 is 0 Å². The summed E-state index contributed by atoms with van der Waals surface area (Å²) in [5.74, 6) is 1.51. The predicted octanol–water partition coefficient (Wildman–Crippen LogP) is 6.90. The Morgan fingerprint density at radius 2 is 1.80 bits per heavy atom. The van der Waals surface area contributed by atoms with Crippen LogP contribution in [0.15, 0.2) is 34.9 Å². The minimum Gasteiger partial charge on any atom is -0.462 e.